The molecule has 0 bridgehead atoms. The number of anilines is 2. The van der Waals surface area contributed by atoms with E-state index in [-0.39, 0.29) is 22.9 Å². The van der Waals surface area contributed by atoms with Crippen molar-refractivity contribution in [2.75, 3.05) is 10.2 Å². The Kier molecular flexibility index (Phi) is 7.28. The molecule has 5 nitrogen and oxygen atoms in total. The van der Waals surface area contributed by atoms with Gasteiger partial charge in [-0.05, 0) is 54.8 Å². The third kappa shape index (κ3) is 4.83. The molecule has 1 fully saturated rings. The van der Waals surface area contributed by atoms with Crippen LogP contribution in [0.15, 0.2) is 83.4 Å². The number of hydrogen-bond acceptors (Lipinski definition) is 4. The molecule has 1 N–H and O–H groups in total. The number of rotatable bonds is 5. The van der Waals surface area contributed by atoms with E-state index in [1.807, 2.05) is 37.3 Å². The smallest absolute Gasteiger partial charge is 0.269 e. The first-order chi connectivity index (χ1) is 16.4. The van der Waals surface area contributed by atoms with Gasteiger partial charge < -0.3 is 5.32 Å². The number of benzene rings is 3. The van der Waals surface area contributed by atoms with Crippen molar-refractivity contribution in [1.29, 1.82) is 5.26 Å². The molecule has 2 amide bonds. The van der Waals surface area contributed by atoms with Crippen LogP contribution in [0.4, 0.5) is 11.4 Å². The molecule has 8 heteroatoms. The molecule has 1 aliphatic rings. The van der Waals surface area contributed by atoms with Crippen molar-refractivity contribution < 1.29 is 9.59 Å². The summed E-state index contributed by atoms with van der Waals surface area (Å²) in [6, 6.07) is 23.4. The monoisotopic (exact) mass is 507 g/mol. The molecule has 170 valence electrons. The number of nitrogens with zero attached hydrogens (tertiary/aromatic N) is 2. The Morgan fingerprint density at radius 1 is 1.03 bits per heavy atom. The van der Waals surface area contributed by atoms with E-state index in [4.69, 9.17) is 23.2 Å². The highest BCUT2D eigenvalue weighted by Gasteiger charge is 2.41. The lowest BCUT2D eigenvalue weighted by Gasteiger charge is -2.20. The Hall–Kier alpha value is -3.24. The van der Waals surface area contributed by atoms with Gasteiger partial charge in [-0.15, -0.1) is 0 Å². The topological polar surface area (TPSA) is 73.2 Å². The van der Waals surface area contributed by atoms with Gasteiger partial charge in [0, 0.05) is 15.7 Å². The molecule has 0 unspecified atom stereocenters. The van der Waals surface area contributed by atoms with Crippen molar-refractivity contribution in [2.24, 2.45) is 0 Å². The zero-order valence-electron chi connectivity index (χ0n) is 18.1. The SMILES string of the molecule is Cc1ccccc1N1C(=O)[C@H](Cc2c(Cl)cccc2Cl)S/C1=C(/C#N)C(=O)Nc1ccccc1. The Morgan fingerprint density at radius 2 is 1.68 bits per heavy atom. The number of aryl methyl sites for hydroxylation is 1. The quantitative estimate of drug-likeness (QED) is 0.321. The summed E-state index contributed by atoms with van der Waals surface area (Å²) >= 11 is 13.9. The number of halogens is 2. The number of carbonyl (C=O) groups excluding carboxylic acids is 2. The summed E-state index contributed by atoms with van der Waals surface area (Å²) in [4.78, 5) is 28.2. The predicted octanol–water partition coefficient (Wildman–Crippen LogP) is 6.37. The van der Waals surface area contributed by atoms with E-state index in [9.17, 15) is 14.9 Å². The summed E-state index contributed by atoms with van der Waals surface area (Å²) in [6.07, 6.45) is 0.257. The number of amides is 2. The minimum absolute atomic E-state index is 0.141. The van der Waals surface area contributed by atoms with Crippen LogP contribution in [0.5, 0.6) is 0 Å². The summed E-state index contributed by atoms with van der Waals surface area (Å²) < 4.78 is 0. The molecule has 0 aliphatic carbocycles. The molecule has 3 aromatic carbocycles. The third-order valence-electron chi connectivity index (χ3n) is 5.34. The lowest BCUT2D eigenvalue weighted by Crippen LogP contribution is -2.31. The summed E-state index contributed by atoms with van der Waals surface area (Å²) in [5.74, 6) is -0.829. The van der Waals surface area contributed by atoms with E-state index < -0.39 is 11.2 Å². The Bertz CT molecular complexity index is 1320. The molecule has 0 saturated carbocycles. The number of nitriles is 1. The van der Waals surface area contributed by atoms with E-state index in [0.29, 0.717) is 27.0 Å². The molecule has 0 radical (unpaired) electrons. The first-order valence-corrected chi connectivity index (χ1v) is 12.0. The first kappa shape index (κ1) is 23.9. The van der Waals surface area contributed by atoms with Crippen molar-refractivity contribution in [3.63, 3.8) is 0 Å². The van der Waals surface area contributed by atoms with E-state index in [0.717, 1.165) is 5.56 Å². The lowest BCUT2D eigenvalue weighted by atomic mass is 10.1. The summed E-state index contributed by atoms with van der Waals surface area (Å²) in [5.41, 5.74) is 2.51. The predicted molar refractivity (Wildman–Crippen MR) is 138 cm³/mol. The Morgan fingerprint density at radius 3 is 2.32 bits per heavy atom. The van der Waals surface area contributed by atoms with Crippen LogP contribution in [0.2, 0.25) is 10.0 Å². The van der Waals surface area contributed by atoms with Gasteiger partial charge in [-0.25, -0.2) is 0 Å². The molecule has 1 aliphatic heterocycles. The normalized spacial score (nSPS) is 16.8. The third-order valence-corrected chi connectivity index (χ3v) is 7.32. The fourth-order valence-corrected chi connectivity index (χ4v) is 5.47. The van der Waals surface area contributed by atoms with Crippen LogP contribution >= 0.6 is 35.0 Å². The highest BCUT2D eigenvalue weighted by molar-refractivity contribution is 8.05. The molecule has 3 aromatic rings. The van der Waals surface area contributed by atoms with Gasteiger partial charge in [0.05, 0.1) is 10.9 Å². The van der Waals surface area contributed by atoms with E-state index in [2.05, 4.69) is 5.32 Å². The number of hydrogen-bond donors (Lipinski definition) is 1. The van der Waals surface area contributed by atoms with Crippen LogP contribution in [-0.2, 0) is 16.0 Å². The fourth-order valence-electron chi connectivity index (χ4n) is 3.65. The highest BCUT2D eigenvalue weighted by atomic mass is 35.5. The van der Waals surface area contributed by atoms with Crippen molar-refractivity contribution in [2.45, 2.75) is 18.6 Å². The van der Waals surface area contributed by atoms with Gasteiger partial charge in [-0.3, -0.25) is 14.5 Å². The van der Waals surface area contributed by atoms with E-state index in [1.165, 1.54) is 16.7 Å². The van der Waals surface area contributed by atoms with Crippen LogP contribution in [0.3, 0.4) is 0 Å². The van der Waals surface area contributed by atoms with Gasteiger partial charge in [0.2, 0.25) is 5.91 Å². The molecule has 4 rings (SSSR count). The average Bonchev–Trinajstić information content (AvgIpc) is 3.13. The molecular weight excluding hydrogens is 489 g/mol. The van der Waals surface area contributed by atoms with Crippen LogP contribution in [0, 0.1) is 18.3 Å². The zero-order valence-corrected chi connectivity index (χ0v) is 20.4. The molecule has 0 spiro atoms. The number of thioether (sulfide) groups is 1. The number of nitrogens with one attached hydrogen (secondary N) is 1. The fraction of sp³-hybridized carbons (Fsp3) is 0.115. The van der Waals surface area contributed by atoms with Gasteiger partial charge >= 0.3 is 0 Å². The maximum Gasteiger partial charge on any atom is 0.269 e. The van der Waals surface area contributed by atoms with Crippen LogP contribution < -0.4 is 10.2 Å². The average molecular weight is 508 g/mol. The maximum atomic E-state index is 13.6. The van der Waals surface area contributed by atoms with Gasteiger partial charge in [0.1, 0.15) is 16.7 Å². The van der Waals surface area contributed by atoms with Gasteiger partial charge in [0.25, 0.3) is 5.91 Å². The Balaban J connectivity index is 1.78. The molecule has 1 heterocycles. The van der Waals surface area contributed by atoms with Crippen LogP contribution in [0.1, 0.15) is 11.1 Å². The molecular formula is C26H19Cl2N3O2S. The standard InChI is InChI=1S/C26H19Cl2N3O2S/c1-16-8-5-6-13-22(16)31-25(33)23(14-18-20(27)11-7-12-21(18)28)34-26(31)19(15-29)24(32)30-17-9-3-2-4-10-17/h2-13,23H,14H2,1H3,(H,30,32)/b26-19-/t23-/m0/s1. The van der Waals surface area contributed by atoms with E-state index >= 15 is 0 Å². The second kappa shape index (κ2) is 10.4. The van der Waals surface area contributed by atoms with Gasteiger partial charge in [-0.1, -0.05) is 77.4 Å². The van der Waals surface area contributed by atoms with Crippen LogP contribution in [0.25, 0.3) is 0 Å². The Labute approximate surface area is 212 Å². The molecule has 1 saturated heterocycles. The van der Waals surface area contributed by atoms with Crippen LogP contribution in [-0.4, -0.2) is 17.1 Å². The van der Waals surface area contributed by atoms with Gasteiger partial charge in [0.15, 0.2) is 0 Å². The maximum absolute atomic E-state index is 13.6. The number of para-hydroxylation sites is 2. The largest absolute Gasteiger partial charge is 0.321 e. The lowest BCUT2D eigenvalue weighted by molar-refractivity contribution is -0.117. The molecule has 1 atom stereocenters. The van der Waals surface area contributed by atoms with Crippen molar-refractivity contribution in [3.8, 4) is 6.07 Å². The van der Waals surface area contributed by atoms with Crippen molar-refractivity contribution in [3.05, 3.63) is 105 Å². The summed E-state index contributed by atoms with van der Waals surface area (Å²) in [7, 11) is 0. The molecule has 0 aromatic heterocycles. The first-order valence-electron chi connectivity index (χ1n) is 10.4. The van der Waals surface area contributed by atoms with E-state index in [1.54, 1.807) is 48.5 Å². The minimum atomic E-state index is -0.611. The zero-order chi connectivity index (χ0) is 24.2. The van der Waals surface area contributed by atoms with Gasteiger partial charge in [-0.2, -0.15) is 5.26 Å². The second-order valence-corrected chi connectivity index (χ2v) is 9.59. The van der Waals surface area contributed by atoms with Crippen molar-refractivity contribution in [1.82, 2.24) is 0 Å². The van der Waals surface area contributed by atoms with Crippen molar-refractivity contribution >= 4 is 58.2 Å². The second-order valence-electron chi connectivity index (χ2n) is 7.58. The summed E-state index contributed by atoms with van der Waals surface area (Å²) in [5, 5.41) is 13.3. The number of carbonyl (C=O) groups is 2. The summed E-state index contributed by atoms with van der Waals surface area (Å²) in [6.45, 7) is 1.87. The highest BCUT2D eigenvalue weighted by Crippen LogP contribution is 2.44. The minimum Gasteiger partial charge on any atom is -0.321 e. The molecule has 34 heavy (non-hydrogen) atoms.